The van der Waals surface area contributed by atoms with Crippen molar-refractivity contribution >= 4 is 0 Å². The Labute approximate surface area is 165 Å². The predicted octanol–water partition coefficient (Wildman–Crippen LogP) is 3.58. The Morgan fingerprint density at radius 3 is 2.11 bits per heavy atom. The first-order valence-electron chi connectivity index (χ1n) is 8.83. The quantitative estimate of drug-likeness (QED) is 0.611. The number of ether oxygens (including phenoxy) is 4. The first kappa shape index (κ1) is 19.5. The maximum Gasteiger partial charge on any atom is 0.234 e. The molecule has 0 aliphatic rings. The second kappa shape index (κ2) is 8.17. The highest BCUT2D eigenvalue weighted by atomic mass is 16.5. The van der Waals surface area contributed by atoms with Gasteiger partial charge in [0.25, 0.3) is 0 Å². The van der Waals surface area contributed by atoms with Crippen LogP contribution in [0.2, 0.25) is 0 Å². The number of methoxy groups -OCH3 is 4. The molecule has 0 unspecified atom stereocenters. The van der Waals surface area contributed by atoms with Gasteiger partial charge in [-0.1, -0.05) is 0 Å². The summed E-state index contributed by atoms with van der Waals surface area (Å²) in [6.45, 7) is 2.03. The Morgan fingerprint density at radius 1 is 0.821 bits per heavy atom. The van der Waals surface area contributed by atoms with Gasteiger partial charge in [-0.2, -0.15) is 4.57 Å². The zero-order valence-electron chi connectivity index (χ0n) is 17.1. The zero-order valence-corrected chi connectivity index (χ0v) is 17.1. The van der Waals surface area contributed by atoms with Gasteiger partial charge in [0.1, 0.15) is 41.9 Å². The molecule has 6 heteroatoms. The topological polar surface area (TPSA) is 53.7 Å². The number of rotatable bonds is 6. The molecule has 0 radical (unpaired) electrons. The van der Waals surface area contributed by atoms with Gasteiger partial charge in [0.15, 0.2) is 6.20 Å². The molecule has 0 N–H and O–H groups in total. The fourth-order valence-electron chi connectivity index (χ4n) is 3.23. The Hall–Kier alpha value is -3.28. The van der Waals surface area contributed by atoms with E-state index in [9.17, 15) is 0 Å². The molecule has 3 aromatic rings. The second-order valence-corrected chi connectivity index (χ2v) is 6.36. The van der Waals surface area contributed by atoms with Gasteiger partial charge >= 0.3 is 0 Å². The number of aromatic nitrogens is 2. The van der Waals surface area contributed by atoms with Crippen LogP contribution in [-0.4, -0.2) is 33.4 Å². The first-order chi connectivity index (χ1) is 13.5. The van der Waals surface area contributed by atoms with Crippen LogP contribution in [0.25, 0.3) is 22.5 Å². The van der Waals surface area contributed by atoms with Crippen molar-refractivity contribution in [1.29, 1.82) is 0 Å². The Bertz CT molecular complexity index is 1000. The second-order valence-electron chi connectivity index (χ2n) is 6.36. The van der Waals surface area contributed by atoms with E-state index in [0.29, 0.717) is 5.75 Å². The minimum absolute atomic E-state index is 0.706. The van der Waals surface area contributed by atoms with Gasteiger partial charge < -0.3 is 18.9 Å². The molecule has 1 aromatic heterocycles. The van der Waals surface area contributed by atoms with Crippen LogP contribution >= 0.6 is 0 Å². The maximum atomic E-state index is 5.60. The molecule has 0 atom stereocenters. The third-order valence-electron chi connectivity index (χ3n) is 4.69. The van der Waals surface area contributed by atoms with Crippen molar-refractivity contribution in [3.63, 3.8) is 0 Å². The van der Waals surface area contributed by atoms with E-state index in [2.05, 4.69) is 4.98 Å². The summed E-state index contributed by atoms with van der Waals surface area (Å²) in [4.78, 5) is 4.68. The van der Waals surface area contributed by atoms with Gasteiger partial charge in [-0.05, 0) is 30.7 Å². The van der Waals surface area contributed by atoms with Crippen LogP contribution in [0.5, 0.6) is 23.0 Å². The molecule has 3 rings (SSSR count). The van der Waals surface area contributed by atoms with Crippen LogP contribution in [0, 0.1) is 6.92 Å². The van der Waals surface area contributed by atoms with Gasteiger partial charge in [-0.3, -0.25) is 0 Å². The summed E-state index contributed by atoms with van der Waals surface area (Å²) in [7, 11) is 8.55. The lowest BCUT2D eigenvalue weighted by atomic mass is 10.0. The number of hydrogen-bond acceptors (Lipinski definition) is 5. The van der Waals surface area contributed by atoms with Crippen molar-refractivity contribution in [1.82, 2.24) is 4.98 Å². The van der Waals surface area contributed by atoms with E-state index in [4.69, 9.17) is 18.9 Å². The molecule has 6 nitrogen and oxygen atoms in total. The van der Waals surface area contributed by atoms with E-state index in [-0.39, 0.29) is 0 Å². The van der Waals surface area contributed by atoms with Crippen molar-refractivity contribution in [3.8, 4) is 45.5 Å². The SMILES string of the molecule is COc1ccc(-c2c[n+](C)c(-c3c(C)cc(OC)cc3OC)cn2)c(OC)c1. The van der Waals surface area contributed by atoms with Crippen LogP contribution in [0.15, 0.2) is 42.7 Å². The lowest BCUT2D eigenvalue weighted by molar-refractivity contribution is -0.660. The normalized spacial score (nSPS) is 10.5. The highest BCUT2D eigenvalue weighted by Gasteiger charge is 2.21. The smallest absolute Gasteiger partial charge is 0.234 e. The third kappa shape index (κ3) is 3.58. The molecule has 28 heavy (non-hydrogen) atoms. The molecule has 0 fully saturated rings. The lowest BCUT2D eigenvalue weighted by Gasteiger charge is -2.13. The number of nitrogens with zero attached hydrogens (tertiary/aromatic N) is 2. The molecule has 0 aliphatic carbocycles. The van der Waals surface area contributed by atoms with E-state index >= 15 is 0 Å². The van der Waals surface area contributed by atoms with Crippen molar-refractivity contribution < 1.29 is 23.5 Å². The Morgan fingerprint density at radius 2 is 1.50 bits per heavy atom. The van der Waals surface area contributed by atoms with Crippen LogP contribution in [0.3, 0.4) is 0 Å². The van der Waals surface area contributed by atoms with E-state index in [0.717, 1.165) is 45.3 Å². The first-order valence-corrected chi connectivity index (χ1v) is 8.83. The molecular weight excluding hydrogens is 356 g/mol. The molecular formula is C22H25N2O4+. The standard InChI is InChI=1S/C22H25N2O4/c1-14-9-16(26-4)11-21(28-6)22(14)19-12-23-18(13-24(19)2)17-8-7-15(25-3)10-20(17)27-5/h7-13H,1-6H3/q+1. The van der Waals surface area contributed by atoms with E-state index in [1.54, 1.807) is 28.4 Å². The fraction of sp³-hybridized carbons (Fsp3) is 0.273. The van der Waals surface area contributed by atoms with Crippen molar-refractivity contribution in [2.45, 2.75) is 6.92 Å². The molecule has 0 amide bonds. The highest BCUT2D eigenvalue weighted by molar-refractivity contribution is 5.72. The molecule has 0 saturated heterocycles. The Kier molecular flexibility index (Phi) is 5.68. The molecule has 0 saturated carbocycles. The van der Waals surface area contributed by atoms with Gasteiger partial charge in [0.2, 0.25) is 5.69 Å². The predicted molar refractivity (Wildman–Crippen MR) is 107 cm³/mol. The van der Waals surface area contributed by atoms with E-state index in [1.807, 2.05) is 61.3 Å². The minimum Gasteiger partial charge on any atom is -0.497 e. The van der Waals surface area contributed by atoms with Crippen molar-refractivity contribution in [2.24, 2.45) is 7.05 Å². The summed E-state index contributed by atoms with van der Waals surface area (Å²) < 4.78 is 23.8. The van der Waals surface area contributed by atoms with Crippen LogP contribution in [0.1, 0.15) is 5.56 Å². The molecule has 0 bridgehead atoms. The van der Waals surface area contributed by atoms with Gasteiger partial charge in [-0.15, -0.1) is 0 Å². The highest BCUT2D eigenvalue weighted by Crippen LogP contribution is 2.36. The number of hydrogen-bond donors (Lipinski definition) is 0. The van der Waals surface area contributed by atoms with E-state index < -0.39 is 0 Å². The zero-order chi connectivity index (χ0) is 20.3. The number of benzene rings is 2. The summed E-state index contributed by atoms with van der Waals surface area (Å²) in [5.41, 5.74) is 4.66. The number of aryl methyl sites for hydroxylation is 2. The lowest BCUT2D eigenvalue weighted by Crippen LogP contribution is -2.31. The van der Waals surface area contributed by atoms with Crippen LogP contribution < -0.4 is 23.5 Å². The minimum atomic E-state index is 0.706. The maximum absolute atomic E-state index is 5.60. The van der Waals surface area contributed by atoms with E-state index in [1.165, 1.54) is 0 Å². The Balaban J connectivity index is 2.10. The van der Waals surface area contributed by atoms with Crippen molar-refractivity contribution in [3.05, 3.63) is 48.3 Å². The van der Waals surface area contributed by atoms with Gasteiger partial charge in [0, 0.05) is 17.7 Å². The summed E-state index contributed by atoms with van der Waals surface area (Å²) in [6.07, 6.45) is 3.82. The molecule has 146 valence electrons. The molecule has 0 aliphatic heterocycles. The summed E-state index contributed by atoms with van der Waals surface area (Å²) in [5.74, 6) is 2.94. The molecule has 2 aromatic carbocycles. The molecule has 0 spiro atoms. The summed E-state index contributed by atoms with van der Waals surface area (Å²) in [6, 6.07) is 9.55. The average molecular weight is 381 g/mol. The summed E-state index contributed by atoms with van der Waals surface area (Å²) in [5, 5.41) is 0. The summed E-state index contributed by atoms with van der Waals surface area (Å²) >= 11 is 0. The molecule has 1 heterocycles. The van der Waals surface area contributed by atoms with Gasteiger partial charge in [0.05, 0.1) is 34.0 Å². The monoisotopic (exact) mass is 381 g/mol. The third-order valence-corrected chi connectivity index (χ3v) is 4.69. The van der Waals surface area contributed by atoms with Gasteiger partial charge in [-0.25, -0.2) is 4.98 Å². The van der Waals surface area contributed by atoms with Crippen molar-refractivity contribution in [2.75, 3.05) is 28.4 Å². The average Bonchev–Trinajstić information content (AvgIpc) is 2.72. The van der Waals surface area contributed by atoms with Crippen LogP contribution in [-0.2, 0) is 7.05 Å². The van der Waals surface area contributed by atoms with Crippen LogP contribution in [0.4, 0.5) is 0 Å². The largest absolute Gasteiger partial charge is 0.497 e. The fourth-order valence-corrected chi connectivity index (χ4v) is 3.23.